The molecule has 8 nitrogen and oxygen atoms in total. The molecule has 28 heavy (non-hydrogen) atoms. The van der Waals surface area contributed by atoms with Crippen LogP contribution in [-0.2, 0) is 22.8 Å². The minimum absolute atomic E-state index is 0.0114. The Morgan fingerprint density at radius 2 is 2.14 bits per heavy atom. The second-order valence-electron chi connectivity index (χ2n) is 6.86. The molecular weight excluding hydrogens is 378 g/mol. The van der Waals surface area contributed by atoms with Crippen LogP contribution < -0.4 is 10.6 Å². The molecule has 0 aliphatic carbocycles. The summed E-state index contributed by atoms with van der Waals surface area (Å²) in [6.07, 6.45) is 3.53. The van der Waals surface area contributed by atoms with Crippen molar-refractivity contribution in [3.63, 3.8) is 0 Å². The number of nitrogens with one attached hydrogen (secondary N) is 2. The van der Waals surface area contributed by atoms with E-state index in [1.807, 2.05) is 31.2 Å². The summed E-state index contributed by atoms with van der Waals surface area (Å²) in [4.78, 5) is 8.62. The van der Waals surface area contributed by atoms with E-state index in [9.17, 15) is 8.42 Å². The lowest BCUT2D eigenvalue weighted by Crippen LogP contribution is -2.42. The zero-order valence-corrected chi connectivity index (χ0v) is 17.7. The summed E-state index contributed by atoms with van der Waals surface area (Å²) < 4.78 is 27.9. The van der Waals surface area contributed by atoms with E-state index in [-0.39, 0.29) is 11.8 Å². The lowest BCUT2D eigenvalue weighted by molar-refractivity contribution is 0.422. The average molecular weight is 408 g/mol. The van der Waals surface area contributed by atoms with Gasteiger partial charge in [-0.05, 0) is 37.5 Å². The van der Waals surface area contributed by atoms with Crippen LogP contribution in [0.25, 0.3) is 11.5 Å². The molecule has 2 rings (SSSR count). The molecule has 154 valence electrons. The molecule has 0 bridgehead atoms. The van der Waals surface area contributed by atoms with Crippen LogP contribution in [0, 0.1) is 0 Å². The van der Waals surface area contributed by atoms with E-state index in [2.05, 4.69) is 32.7 Å². The van der Waals surface area contributed by atoms with Gasteiger partial charge in [0.2, 0.25) is 0 Å². The molecule has 0 saturated carbocycles. The van der Waals surface area contributed by atoms with Gasteiger partial charge in [0.1, 0.15) is 9.84 Å². The van der Waals surface area contributed by atoms with Crippen LogP contribution in [0.5, 0.6) is 0 Å². The Morgan fingerprint density at radius 1 is 1.36 bits per heavy atom. The zero-order chi connectivity index (χ0) is 20.6. The molecule has 0 aliphatic heterocycles. The minimum atomic E-state index is -2.97. The van der Waals surface area contributed by atoms with Crippen LogP contribution in [0.2, 0.25) is 0 Å². The molecule has 2 N–H and O–H groups in total. The smallest absolute Gasteiger partial charge is 0.257 e. The van der Waals surface area contributed by atoms with Gasteiger partial charge in [0.05, 0.1) is 5.75 Å². The molecule has 1 atom stereocenters. The summed E-state index contributed by atoms with van der Waals surface area (Å²) in [6, 6.07) is 7.87. The number of aryl methyl sites for hydroxylation is 1. The summed E-state index contributed by atoms with van der Waals surface area (Å²) in [6.45, 7) is 4.57. The van der Waals surface area contributed by atoms with Crippen molar-refractivity contribution in [2.75, 3.05) is 19.1 Å². The van der Waals surface area contributed by atoms with E-state index in [4.69, 9.17) is 4.52 Å². The van der Waals surface area contributed by atoms with Crippen molar-refractivity contribution in [2.24, 2.45) is 4.99 Å². The number of sulfone groups is 1. The maximum Gasteiger partial charge on any atom is 0.257 e. The van der Waals surface area contributed by atoms with Gasteiger partial charge in [-0.3, -0.25) is 4.99 Å². The highest BCUT2D eigenvalue weighted by Crippen LogP contribution is 2.19. The van der Waals surface area contributed by atoms with Crippen molar-refractivity contribution < 1.29 is 12.9 Å². The van der Waals surface area contributed by atoms with Crippen molar-refractivity contribution in [1.29, 1.82) is 0 Å². The van der Waals surface area contributed by atoms with Gasteiger partial charge in [0, 0.05) is 37.9 Å². The van der Waals surface area contributed by atoms with Gasteiger partial charge in [0.25, 0.3) is 5.89 Å². The Morgan fingerprint density at radius 3 is 2.82 bits per heavy atom. The summed E-state index contributed by atoms with van der Waals surface area (Å²) >= 11 is 0. The van der Waals surface area contributed by atoms with Crippen molar-refractivity contribution in [1.82, 2.24) is 20.8 Å². The Hall–Kier alpha value is -2.42. The maximum absolute atomic E-state index is 11.3. The Kier molecular flexibility index (Phi) is 7.98. The van der Waals surface area contributed by atoms with E-state index >= 15 is 0 Å². The highest BCUT2D eigenvalue weighted by molar-refractivity contribution is 7.90. The predicted molar refractivity (Wildman–Crippen MR) is 111 cm³/mol. The van der Waals surface area contributed by atoms with E-state index in [0.29, 0.717) is 30.6 Å². The zero-order valence-electron chi connectivity index (χ0n) is 16.9. The highest BCUT2D eigenvalue weighted by Gasteiger charge is 2.11. The van der Waals surface area contributed by atoms with Gasteiger partial charge in [-0.15, -0.1) is 0 Å². The largest absolute Gasteiger partial charge is 0.354 e. The first-order chi connectivity index (χ1) is 13.3. The molecule has 1 aromatic heterocycles. The Balaban J connectivity index is 1.93. The molecule has 1 aromatic carbocycles. The molecule has 1 heterocycles. The van der Waals surface area contributed by atoms with Gasteiger partial charge in [-0.25, -0.2) is 8.42 Å². The molecule has 0 amide bonds. The highest BCUT2D eigenvalue weighted by atomic mass is 32.2. The molecule has 0 radical (unpaired) electrons. The fourth-order valence-electron chi connectivity index (χ4n) is 2.59. The summed E-state index contributed by atoms with van der Waals surface area (Å²) in [5, 5.41) is 10.4. The normalized spacial score (nSPS) is 13.4. The van der Waals surface area contributed by atoms with Crippen molar-refractivity contribution in [3.8, 4) is 11.5 Å². The topological polar surface area (TPSA) is 109 Å². The van der Waals surface area contributed by atoms with Crippen LogP contribution in [0.3, 0.4) is 0 Å². The number of guanidine groups is 1. The van der Waals surface area contributed by atoms with Gasteiger partial charge >= 0.3 is 0 Å². The van der Waals surface area contributed by atoms with Crippen LogP contribution in [0.15, 0.2) is 33.8 Å². The predicted octanol–water partition coefficient (Wildman–Crippen LogP) is 2.18. The number of aliphatic imine (C=N–C) groups is 1. The van der Waals surface area contributed by atoms with E-state index in [0.717, 1.165) is 24.0 Å². The number of aromatic nitrogens is 2. The SMILES string of the molecule is CCCc1noc(-c2cccc(CNC(=NC)NC(C)CCS(C)(=O)=O)c2)n1. The quantitative estimate of drug-likeness (QED) is 0.484. The average Bonchev–Trinajstić information content (AvgIpc) is 3.12. The maximum atomic E-state index is 11.3. The third kappa shape index (κ3) is 7.30. The van der Waals surface area contributed by atoms with Gasteiger partial charge in [-0.2, -0.15) is 4.98 Å². The van der Waals surface area contributed by atoms with Crippen LogP contribution >= 0.6 is 0 Å². The number of rotatable bonds is 9. The minimum Gasteiger partial charge on any atom is -0.354 e. The number of nitrogens with zero attached hydrogens (tertiary/aromatic N) is 3. The van der Waals surface area contributed by atoms with Gasteiger partial charge in [-0.1, -0.05) is 24.2 Å². The van der Waals surface area contributed by atoms with Gasteiger partial charge < -0.3 is 15.2 Å². The summed E-state index contributed by atoms with van der Waals surface area (Å²) in [5.41, 5.74) is 1.91. The first-order valence-electron chi connectivity index (χ1n) is 9.37. The number of hydrogen-bond donors (Lipinski definition) is 2. The summed E-state index contributed by atoms with van der Waals surface area (Å²) in [7, 11) is -1.29. The standard InChI is InChI=1S/C19H29N5O3S/c1-5-7-17-23-18(27-24-17)16-9-6-8-15(12-16)13-21-19(20-3)22-14(2)10-11-28(4,25)26/h6,8-9,12,14H,5,7,10-11,13H2,1-4H3,(H2,20,21,22). The van der Waals surface area contributed by atoms with E-state index < -0.39 is 9.84 Å². The second-order valence-corrected chi connectivity index (χ2v) is 9.12. The first kappa shape index (κ1) is 21.9. The Labute approximate surface area is 166 Å². The molecule has 0 spiro atoms. The molecular formula is C19H29N5O3S. The molecule has 0 aliphatic rings. The van der Waals surface area contributed by atoms with Crippen LogP contribution in [-0.4, -0.2) is 49.6 Å². The summed E-state index contributed by atoms with van der Waals surface area (Å²) in [5.74, 6) is 2.00. The fourth-order valence-corrected chi connectivity index (χ4v) is 3.37. The first-order valence-corrected chi connectivity index (χ1v) is 11.4. The molecule has 9 heteroatoms. The van der Waals surface area contributed by atoms with E-state index in [1.54, 1.807) is 7.05 Å². The van der Waals surface area contributed by atoms with Crippen molar-refractivity contribution >= 4 is 15.8 Å². The van der Waals surface area contributed by atoms with Crippen molar-refractivity contribution in [2.45, 2.75) is 45.7 Å². The third-order valence-corrected chi connectivity index (χ3v) is 5.08. The lowest BCUT2D eigenvalue weighted by Gasteiger charge is -2.17. The van der Waals surface area contributed by atoms with Gasteiger partial charge in [0.15, 0.2) is 11.8 Å². The molecule has 2 aromatic rings. The molecule has 0 saturated heterocycles. The third-order valence-electron chi connectivity index (χ3n) is 4.10. The number of hydrogen-bond acceptors (Lipinski definition) is 6. The van der Waals surface area contributed by atoms with Crippen LogP contribution in [0.1, 0.15) is 38.1 Å². The Bertz CT molecular complexity index is 892. The van der Waals surface area contributed by atoms with Crippen LogP contribution in [0.4, 0.5) is 0 Å². The molecule has 1 unspecified atom stereocenters. The molecule has 0 fully saturated rings. The second kappa shape index (κ2) is 10.2. The lowest BCUT2D eigenvalue weighted by atomic mass is 10.1. The number of benzene rings is 1. The fraction of sp³-hybridized carbons (Fsp3) is 0.526. The van der Waals surface area contributed by atoms with Crippen molar-refractivity contribution in [3.05, 3.63) is 35.7 Å². The monoisotopic (exact) mass is 407 g/mol. The van der Waals surface area contributed by atoms with E-state index in [1.165, 1.54) is 6.26 Å².